The van der Waals surface area contributed by atoms with Crippen LogP contribution in [-0.2, 0) is 11.8 Å². The summed E-state index contributed by atoms with van der Waals surface area (Å²) in [7, 11) is 1.82. The van der Waals surface area contributed by atoms with Crippen molar-refractivity contribution in [2.24, 2.45) is 7.05 Å². The standard InChI is InChI=1S/C18H15ClN4O3S/c1-23-16(11-2-6-13(19)7-3-11)21-22-18(23)27-10-15(24)20-14-8-4-12(5-9-14)17(25)26/h2-9H,10H2,1H3,(H,20,24)(H,25,26)/p-1. The molecule has 0 bridgehead atoms. The van der Waals surface area contributed by atoms with E-state index in [2.05, 4.69) is 15.5 Å². The van der Waals surface area contributed by atoms with Gasteiger partial charge in [-0.05, 0) is 42.0 Å². The number of carbonyl (C=O) groups is 2. The van der Waals surface area contributed by atoms with E-state index in [1.54, 1.807) is 16.7 Å². The summed E-state index contributed by atoms with van der Waals surface area (Å²) in [6.07, 6.45) is 0. The van der Waals surface area contributed by atoms with Crippen LogP contribution in [0.4, 0.5) is 5.69 Å². The van der Waals surface area contributed by atoms with Gasteiger partial charge in [0.1, 0.15) is 0 Å². The summed E-state index contributed by atoms with van der Waals surface area (Å²) in [5.74, 6) is -0.693. The van der Waals surface area contributed by atoms with E-state index in [4.69, 9.17) is 11.6 Å². The number of nitrogens with zero attached hydrogens (tertiary/aromatic N) is 3. The van der Waals surface area contributed by atoms with E-state index in [0.29, 0.717) is 21.7 Å². The lowest BCUT2D eigenvalue weighted by molar-refractivity contribution is -0.255. The van der Waals surface area contributed by atoms with Crippen LogP contribution in [0.5, 0.6) is 0 Å². The molecule has 0 radical (unpaired) electrons. The van der Waals surface area contributed by atoms with Gasteiger partial charge in [-0.2, -0.15) is 0 Å². The summed E-state index contributed by atoms with van der Waals surface area (Å²) in [5, 5.41) is 22.9. The second kappa shape index (κ2) is 8.24. The Balaban J connectivity index is 1.60. The molecule has 1 heterocycles. The van der Waals surface area contributed by atoms with Crippen molar-refractivity contribution in [2.75, 3.05) is 11.1 Å². The molecule has 0 saturated heterocycles. The van der Waals surface area contributed by atoms with Crippen LogP contribution in [0.15, 0.2) is 53.7 Å². The maximum Gasteiger partial charge on any atom is 0.234 e. The maximum absolute atomic E-state index is 12.1. The zero-order valence-corrected chi connectivity index (χ0v) is 15.8. The number of thioether (sulfide) groups is 1. The zero-order chi connectivity index (χ0) is 19.4. The number of nitrogens with one attached hydrogen (secondary N) is 1. The van der Waals surface area contributed by atoms with E-state index in [0.717, 1.165) is 5.56 Å². The molecule has 0 saturated carbocycles. The van der Waals surface area contributed by atoms with E-state index >= 15 is 0 Å². The number of hydrogen-bond acceptors (Lipinski definition) is 6. The molecule has 0 aliphatic heterocycles. The largest absolute Gasteiger partial charge is 0.545 e. The minimum atomic E-state index is -1.26. The second-order valence-electron chi connectivity index (χ2n) is 5.57. The summed E-state index contributed by atoms with van der Waals surface area (Å²) < 4.78 is 1.80. The Morgan fingerprint density at radius 1 is 1.11 bits per heavy atom. The number of rotatable bonds is 6. The average molecular weight is 402 g/mol. The molecule has 3 rings (SSSR count). The lowest BCUT2D eigenvalue weighted by Crippen LogP contribution is -2.22. The average Bonchev–Trinajstić information content (AvgIpc) is 3.02. The molecule has 0 aliphatic rings. The predicted molar refractivity (Wildman–Crippen MR) is 102 cm³/mol. The third kappa shape index (κ3) is 4.66. The van der Waals surface area contributed by atoms with Gasteiger partial charge in [-0.3, -0.25) is 4.79 Å². The maximum atomic E-state index is 12.1. The minimum absolute atomic E-state index is 0.0520. The molecule has 9 heteroatoms. The first kappa shape index (κ1) is 18.9. The molecule has 0 fully saturated rings. The van der Waals surface area contributed by atoms with Gasteiger partial charge in [0.05, 0.1) is 11.7 Å². The van der Waals surface area contributed by atoms with Gasteiger partial charge in [-0.25, -0.2) is 0 Å². The predicted octanol–water partition coefficient (Wildman–Crippen LogP) is 2.23. The van der Waals surface area contributed by atoms with Crippen LogP contribution in [0, 0.1) is 0 Å². The number of aromatic nitrogens is 3. The molecule has 138 valence electrons. The highest BCUT2D eigenvalue weighted by Gasteiger charge is 2.13. The van der Waals surface area contributed by atoms with Crippen LogP contribution in [0.3, 0.4) is 0 Å². The molecule has 27 heavy (non-hydrogen) atoms. The fraction of sp³-hybridized carbons (Fsp3) is 0.111. The molecular formula is C18H14ClN4O3S-. The Morgan fingerprint density at radius 3 is 2.41 bits per heavy atom. The highest BCUT2D eigenvalue weighted by molar-refractivity contribution is 7.99. The molecule has 1 aromatic heterocycles. The molecule has 3 aromatic rings. The topological polar surface area (TPSA) is 99.9 Å². The number of carboxylic acid groups (broad SMARTS) is 1. The Morgan fingerprint density at radius 2 is 1.78 bits per heavy atom. The molecule has 0 spiro atoms. The quantitative estimate of drug-likeness (QED) is 0.636. The summed E-state index contributed by atoms with van der Waals surface area (Å²) in [5.41, 5.74) is 1.43. The third-order valence-corrected chi connectivity index (χ3v) is 4.95. The van der Waals surface area contributed by atoms with Crippen molar-refractivity contribution in [2.45, 2.75) is 5.16 Å². The van der Waals surface area contributed by atoms with Gasteiger partial charge in [-0.1, -0.05) is 35.5 Å². The number of benzene rings is 2. The molecular weight excluding hydrogens is 388 g/mol. The summed E-state index contributed by atoms with van der Waals surface area (Å²) >= 11 is 7.14. The Kier molecular flexibility index (Phi) is 5.78. The molecule has 0 aliphatic carbocycles. The van der Waals surface area contributed by atoms with Gasteiger partial charge < -0.3 is 19.8 Å². The molecule has 1 N–H and O–H groups in total. The van der Waals surface area contributed by atoms with Crippen LogP contribution >= 0.6 is 23.4 Å². The molecule has 2 aromatic carbocycles. The molecule has 0 unspecified atom stereocenters. The van der Waals surface area contributed by atoms with Crippen LogP contribution < -0.4 is 10.4 Å². The van der Waals surface area contributed by atoms with Gasteiger partial charge in [0, 0.05) is 23.3 Å². The van der Waals surface area contributed by atoms with Gasteiger partial charge in [-0.15, -0.1) is 10.2 Å². The van der Waals surface area contributed by atoms with Crippen molar-refractivity contribution in [3.8, 4) is 11.4 Å². The summed E-state index contributed by atoms with van der Waals surface area (Å²) in [6.45, 7) is 0. The van der Waals surface area contributed by atoms with Crippen molar-refractivity contribution in [1.82, 2.24) is 14.8 Å². The molecule has 1 amide bonds. The first-order chi connectivity index (χ1) is 12.9. The van der Waals surface area contributed by atoms with Crippen molar-refractivity contribution in [3.63, 3.8) is 0 Å². The van der Waals surface area contributed by atoms with Crippen molar-refractivity contribution < 1.29 is 14.7 Å². The number of hydrogen-bond donors (Lipinski definition) is 1. The number of amides is 1. The number of carboxylic acids is 1. The molecule has 7 nitrogen and oxygen atoms in total. The van der Waals surface area contributed by atoms with Gasteiger partial charge in [0.25, 0.3) is 0 Å². The lowest BCUT2D eigenvalue weighted by atomic mass is 10.2. The Labute approximate surface area is 164 Å². The Hall–Kier alpha value is -2.84. The van der Waals surface area contributed by atoms with Gasteiger partial charge in [0.2, 0.25) is 5.91 Å². The number of carbonyl (C=O) groups excluding carboxylic acids is 2. The first-order valence-corrected chi connectivity index (χ1v) is 9.20. The van der Waals surface area contributed by atoms with Gasteiger partial charge >= 0.3 is 0 Å². The monoisotopic (exact) mass is 401 g/mol. The SMILES string of the molecule is Cn1c(SCC(=O)Nc2ccc(C(=O)[O-])cc2)nnc1-c1ccc(Cl)cc1. The van der Waals surface area contributed by atoms with E-state index in [9.17, 15) is 14.7 Å². The van der Waals surface area contributed by atoms with E-state index < -0.39 is 5.97 Å². The highest BCUT2D eigenvalue weighted by atomic mass is 35.5. The smallest absolute Gasteiger partial charge is 0.234 e. The van der Waals surface area contributed by atoms with E-state index in [1.807, 2.05) is 19.2 Å². The minimum Gasteiger partial charge on any atom is -0.545 e. The van der Waals surface area contributed by atoms with Gasteiger partial charge in [0.15, 0.2) is 11.0 Å². The first-order valence-electron chi connectivity index (χ1n) is 7.83. The summed E-state index contributed by atoms with van der Waals surface area (Å²) in [4.78, 5) is 22.8. The highest BCUT2D eigenvalue weighted by Crippen LogP contribution is 2.24. The fourth-order valence-corrected chi connectivity index (χ4v) is 3.14. The second-order valence-corrected chi connectivity index (χ2v) is 6.95. The van der Waals surface area contributed by atoms with Crippen LogP contribution in [0.25, 0.3) is 11.4 Å². The molecule has 0 atom stereocenters. The van der Waals surface area contributed by atoms with Crippen LogP contribution in [0.2, 0.25) is 5.02 Å². The number of anilines is 1. The summed E-state index contributed by atoms with van der Waals surface area (Å²) in [6, 6.07) is 13.0. The number of halogens is 1. The van der Waals surface area contributed by atoms with Crippen molar-refractivity contribution in [3.05, 3.63) is 59.1 Å². The Bertz CT molecular complexity index is 971. The number of aromatic carboxylic acids is 1. The lowest BCUT2D eigenvalue weighted by Gasteiger charge is -2.07. The van der Waals surface area contributed by atoms with Crippen LogP contribution in [-0.4, -0.2) is 32.4 Å². The third-order valence-electron chi connectivity index (χ3n) is 3.67. The van der Waals surface area contributed by atoms with E-state index in [-0.39, 0.29) is 17.2 Å². The van der Waals surface area contributed by atoms with E-state index in [1.165, 1.54) is 36.0 Å². The fourth-order valence-electron chi connectivity index (χ4n) is 2.31. The zero-order valence-electron chi connectivity index (χ0n) is 14.2. The van der Waals surface area contributed by atoms with Crippen molar-refractivity contribution >= 4 is 40.9 Å². The van der Waals surface area contributed by atoms with Crippen LogP contribution in [0.1, 0.15) is 10.4 Å². The normalized spacial score (nSPS) is 10.6. The van der Waals surface area contributed by atoms with Crippen molar-refractivity contribution in [1.29, 1.82) is 0 Å².